The van der Waals surface area contributed by atoms with E-state index in [2.05, 4.69) is 49.9 Å². The van der Waals surface area contributed by atoms with Crippen LogP contribution in [0, 0.1) is 0 Å². The number of hydrogen-bond donors (Lipinski definition) is 2. The third-order valence-electron chi connectivity index (χ3n) is 5.37. The molecule has 7 nitrogen and oxygen atoms in total. The Hall–Kier alpha value is -2.75. The molecule has 164 valence electrons. The van der Waals surface area contributed by atoms with E-state index in [4.69, 9.17) is 4.74 Å². The van der Waals surface area contributed by atoms with Gasteiger partial charge in [0.15, 0.2) is 5.96 Å². The highest BCUT2D eigenvalue weighted by Gasteiger charge is 2.25. The number of para-hydroxylation sites is 3. The predicted octanol–water partition coefficient (Wildman–Crippen LogP) is 3.44. The van der Waals surface area contributed by atoms with Crippen LogP contribution >= 0.6 is 24.0 Å². The van der Waals surface area contributed by atoms with Gasteiger partial charge < -0.3 is 20.3 Å². The van der Waals surface area contributed by atoms with Crippen molar-refractivity contribution in [3.63, 3.8) is 0 Å². The molecule has 2 heterocycles. The third kappa shape index (κ3) is 5.49. The molecular weight excluding hydrogens is 503 g/mol. The predicted molar refractivity (Wildman–Crippen MR) is 136 cm³/mol. The van der Waals surface area contributed by atoms with Crippen LogP contribution < -0.4 is 20.3 Å². The molecule has 2 N–H and O–H groups in total. The van der Waals surface area contributed by atoms with Gasteiger partial charge in [0.25, 0.3) is 0 Å². The Morgan fingerprint density at radius 1 is 1.13 bits per heavy atom. The SMILES string of the molecule is CN=C(NCc1ccccc1-n1cccn1)NC1CCN(c2ccccc2OC)C1.I. The first-order valence-corrected chi connectivity index (χ1v) is 10.2. The molecule has 31 heavy (non-hydrogen) atoms. The number of benzene rings is 2. The standard InChI is InChI=1S/C23H28N6O.HI/c1-24-23(25-16-18-8-3-4-9-20(18)29-14-7-13-26-29)27-19-12-15-28(17-19)21-10-5-6-11-22(21)30-2;/h3-11,13-14,19H,12,15-17H2,1-2H3,(H2,24,25,27);1H. The number of nitrogens with zero attached hydrogens (tertiary/aromatic N) is 4. The summed E-state index contributed by atoms with van der Waals surface area (Å²) in [6, 6.07) is 18.7. The molecule has 1 atom stereocenters. The lowest BCUT2D eigenvalue weighted by atomic mass is 10.2. The Labute approximate surface area is 200 Å². The number of rotatable bonds is 6. The van der Waals surface area contributed by atoms with Crippen LogP contribution in [0.2, 0.25) is 0 Å². The maximum atomic E-state index is 5.52. The summed E-state index contributed by atoms with van der Waals surface area (Å²) in [5, 5.41) is 11.4. The van der Waals surface area contributed by atoms with Gasteiger partial charge in [0.1, 0.15) is 5.75 Å². The van der Waals surface area contributed by atoms with Gasteiger partial charge in [-0.15, -0.1) is 24.0 Å². The molecule has 8 heteroatoms. The van der Waals surface area contributed by atoms with Gasteiger partial charge in [-0.05, 0) is 36.2 Å². The number of aliphatic imine (C=N–C) groups is 1. The largest absolute Gasteiger partial charge is 0.495 e. The maximum absolute atomic E-state index is 5.52. The van der Waals surface area contributed by atoms with E-state index in [0.717, 1.165) is 48.2 Å². The minimum atomic E-state index is 0. The molecule has 0 spiro atoms. The zero-order chi connectivity index (χ0) is 20.8. The van der Waals surface area contributed by atoms with E-state index in [1.807, 2.05) is 48.3 Å². The van der Waals surface area contributed by atoms with E-state index in [-0.39, 0.29) is 24.0 Å². The van der Waals surface area contributed by atoms with Crippen LogP contribution in [0.15, 0.2) is 72.0 Å². The summed E-state index contributed by atoms with van der Waals surface area (Å²) in [6.07, 6.45) is 4.79. The summed E-state index contributed by atoms with van der Waals surface area (Å²) < 4.78 is 7.40. The molecule has 1 aromatic heterocycles. The van der Waals surface area contributed by atoms with Crippen molar-refractivity contribution in [1.29, 1.82) is 0 Å². The highest BCUT2D eigenvalue weighted by molar-refractivity contribution is 14.0. The van der Waals surface area contributed by atoms with Crippen molar-refractivity contribution >= 4 is 35.6 Å². The fourth-order valence-corrected chi connectivity index (χ4v) is 3.85. The number of halogens is 1. The fraction of sp³-hybridized carbons (Fsp3) is 0.304. The van der Waals surface area contributed by atoms with Crippen LogP contribution in [0.1, 0.15) is 12.0 Å². The van der Waals surface area contributed by atoms with Gasteiger partial charge in [-0.2, -0.15) is 5.10 Å². The Morgan fingerprint density at radius 3 is 2.65 bits per heavy atom. The highest BCUT2D eigenvalue weighted by Crippen LogP contribution is 2.30. The highest BCUT2D eigenvalue weighted by atomic mass is 127. The van der Waals surface area contributed by atoms with Crippen molar-refractivity contribution in [2.75, 3.05) is 32.1 Å². The van der Waals surface area contributed by atoms with Crippen molar-refractivity contribution in [2.24, 2.45) is 4.99 Å². The molecule has 0 amide bonds. The van der Waals surface area contributed by atoms with Gasteiger partial charge in [0, 0.05) is 45.1 Å². The molecule has 4 rings (SSSR count). The van der Waals surface area contributed by atoms with Crippen LogP contribution in [-0.2, 0) is 6.54 Å². The number of hydrogen-bond acceptors (Lipinski definition) is 4. The second-order valence-electron chi connectivity index (χ2n) is 7.25. The lowest BCUT2D eigenvalue weighted by molar-refractivity contribution is 0.415. The molecule has 0 bridgehead atoms. The molecule has 1 saturated heterocycles. The van der Waals surface area contributed by atoms with Crippen LogP contribution in [0.5, 0.6) is 5.75 Å². The molecule has 1 aliphatic rings. The fourth-order valence-electron chi connectivity index (χ4n) is 3.85. The monoisotopic (exact) mass is 532 g/mol. The maximum Gasteiger partial charge on any atom is 0.191 e. The van der Waals surface area contributed by atoms with Crippen molar-refractivity contribution < 1.29 is 4.74 Å². The normalized spacial score (nSPS) is 16.0. The average Bonchev–Trinajstić information content (AvgIpc) is 3.49. The Kier molecular flexibility index (Phi) is 8.16. The second-order valence-corrected chi connectivity index (χ2v) is 7.25. The number of nitrogens with one attached hydrogen (secondary N) is 2. The molecule has 0 radical (unpaired) electrons. The summed E-state index contributed by atoms with van der Waals surface area (Å²) in [4.78, 5) is 6.78. The van der Waals surface area contributed by atoms with Crippen molar-refractivity contribution in [1.82, 2.24) is 20.4 Å². The first-order chi connectivity index (χ1) is 14.8. The first-order valence-electron chi connectivity index (χ1n) is 10.2. The topological polar surface area (TPSA) is 66.7 Å². The van der Waals surface area contributed by atoms with Gasteiger partial charge in [0.05, 0.1) is 18.5 Å². The number of aromatic nitrogens is 2. The van der Waals surface area contributed by atoms with E-state index < -0.39 is 0 Å². The second kappa shape index (κ2) is 11.0. The lowest BCUT2D eigenvalue weighted by Gasteiger charge is -2.22. The Balaban J connectivity index is 0.00000272. The van der Waals surface area contributed by atoms with Crippen LogP contribution in [-0.4, -0.2) is 49.0 Å². The molecule has 1 unspecified atom stereocenters. The van der Waals surface area contributed by atoms with Gasteiger partial charge in [-0.25, -0.2) is 4.68 Å². The van der Waals surface area contributed by atoms with Gasteiger partial charge in [-0.3, -0.25) is 4.99 Å². The summed E-state index contributed by atoms with van der Waals surface area (Å²) in [5.41, 5.74) is 3.36. The number of anilines is 1. The molecule has 3 aromatic rings. The van der Waals surface area contributed by atoms with Crippen LogP contribution in [0.4, 0.5) is 5.69 Å². The minimum Gasteiger partial charge on any atom is -0.495 e. The first kappa shape index (κ1) is 22.9. The van der Waals surface area contributed by atoms with Crippen LogP contribution in [0.3, 0.4) is 0 Å². The molecular formula is C23H29IN6O. The van der Waals surface area contributed by atoms with E-state index in [1.165, 1.54) is 0 Å². The van der Waals surface area contributed by atoms with Crippen molar-refractivity contribution in [3.05, 3.63) is 72.6 Å². The van der Waals surface area contributed by atoms with Gasteiger partial charge in [0.2, 0.25) is 0 Å². The molecule has 0 aliphatic carbocycles. The zero-order valence-corrected chi connectivity index (χ0v) is 20.2. The molecule has 1 fully saturated rings. The van der Waals surface area contributed by atoms with E-state index in [9.17, 15) is 0 Å². The zero-order valence-electron chi connectivity index (χ0n) is 17.9. The van der Waals surface area contributed by atoms with Crippen molar-refractivity contribution in [3.8, 4) is 11.4 Å². The average molecular weight is 532 g/mol. The molecule has 1 aliphatic heterocycles. The minimum absolute atomic E-state index is 0. The summed E-state index contributed by atoms with van der Waals surface area (Å²) in [6.45, 7) is 2.56. The van der Waals surface area contributed by atoms with E-state index >= 15 is 0 Å². The molecule has 2 aromatic carbocycles. The van der Waals surface area contributed by atoms with Gasteiger partial charge >= 0.3 is 0 Å². The van der Waals surface area contributed by atoms with E-state index in [1.54, 1.807) is 13.3 Å². The summed E-state index contributed by atoms with van der Waals surface area (Å²) in [5.74, 6) is 1.72. The quantitative estimate of drug-likeness (QED) is 0.289. The van der Waals surface area contributed by atoms with E-state index in [0.29, 0.717) is 12.6 Å². The third-order valence-corrected chi connectivity index (χ3v) is 5.37. The van der Waals surface area contributed by atoms with Gasteiger partial charge in [-0.1, -0.05) is 30.3 Å². The van der Waals surface area contributed by atoms with Crippen LogP contribution in [0.25, 0.3) is 5.69 Å². The number of guanidine groups is 1. The van der Waals surface area contributed by atoms with Crippen molar-refractivity contribution in [2.45, 2.75) is 19.0 Å². The Morgan fingerprint density at radius 2 is 1.90 bits per heavy atom. The number of methoxy groups -OCH3 is 1. The lowest BCUT2D eigenvalue weighted by Crippen LogP contribution is -2.44. The summed E-state index contributed by atoms with van der Waals surface area (Å²) >= 11 is 0. The smallest absolute Gasteiger partial charge is 0.191 e. The number of ether oxygens (including phenoxy) is 1. The molecule has 0 saturated carbocycles. The Bertz CT molecular complexity index is 991. The summed E-state index contributed by atoms with van der Waals surface area (Å²) in [7, 11) is 3.53.